The molecule has 0 aliphatic carbocycles. The van der Waals surface area contributed by atoms with Crippen LogP contribution < -0.4 is 4.74 Å². The Kier molecular flexibility index (Phi) is 5.33. The molecule has 8 heteroatoms. The summed E-state index contributed by atoms with van der Waals surface area (Å²) in [4.78, 5) is -0.234. The Balaban J connectivity index is 2.35. The van der Waals surface area contributed by atoms with E-state index in [9.17, 15) is 17.2 Å². The van der Waals surface area contributed by atoms with Crippen LogP contribution in [-0.4, -0.2) is 20.1 Å². The number of rotatable bonds is 5. The molecule has 0 aliphatic heterocycles. The van der Waals surface area contributed by atoms with Crippen molar-refractivity contribution in [1.82, 2.24) is 0 Å². The van der Waals surface area contributed by atoms with Crippen LogP contribution in [0.25, 0.3) is 0 Å². The third-order valence-corrected chi connectivity index (χ3v) is 7.23. The molecule has 0 saturated carbocycles. The van der Waals surface area contributed by atoms with Gasteiger partial charge in [0, 0.05) is 8.47 Å². The molecule has 0 bridgehead atoms. The summed E-state index contributed by atoms with van der Waals surface area (Å²) in [5, 5.41) is 0. The number of benzene rings is 2. The molecule has 2 aromatic carbocycles. The summed E-state index contributed by atoms with van der Waals surface area (Å²) in [6.07, 6.45) is 0. The zero-order valence-electron chi connectivity index (χ0n) is 11.3. The highest BCUT2D eigenvalue weighted by Crippen LogP contribution is 2.45. The van der Waals surface area contributed by atoms with Gasteiger partial charge in [-0.05, 0) is 64.7 Å². The largest absolute Gasteiger partial charge is 0.497 e. The topological polar surface area (TPSA) is 43.4 Å². The molecule has 0 spiro atoms. The molecule has 0 atom stereocenters. The molecule has 0 fully saturated rings. The lowest BCUT2D eigenvalue weighted by atomic mass is 10.3. The summed E-state index contributed by atoms with van der Waals surface area (Å²) in [7, 11) is -3.31. The lowest BCUT2D eigenvalue weighted by Gasteiger charge is -2.17. The predicted octanol–water partition coefficient (Wildman–Crippen LogP) is 4.42. The van der Waals surface area contributed by atoms with Crippen molar-refractivity contribution in [3.8, 4) is 5.75 Å². The maximum Gasteiger partial charge on any atom is 0.401 e. The van der Waals surface area contributed by atoms with E-state index in [2.05, 4.69) is 0 Å². The van der Waals surface area contributed by atoms with Crippen molar-refractivity contribution in [3.63, 3.8) is 0 Å². The Morgan fingerprint density at radius 1 is 1.14 bits per heavy atom. The van der Waals surface area contributed by atoms with Gasteiger partial charge in [-0.2, -0.15) is 8.78 Å². The van der Waals surface area contributed by atoms with E-state index in [4.69, 9.17) is 4.74 Å². The molecule has 0 saturated heterocycles. The summed E-state index contributed by atoms with van der Waals surface area (Å²) in [5.41, 5.74) is 0. The lowest BCUT2D eigenvalue weighted by molar-refractivity contribution is 0.195. The quantitative estimate of drug-likeness (QED) is 0.494. The van der Waals surface area contributed by atoms with Crippen molar-refractivity contribution in [1.29, 1.82) is 0 Å². The van der Waals surface area contributed by atoms with E-state index in [0.29, 0.717) is 9.32 Å². The van der Waals surface area contributed by atoms with E-state index >= 15 is 0 Å². The number of hydrogen-bond donors (Lipinski definition) is 0. The van der Waals surface area contributed by atoms with Gasteiger partial charge in [0.05, 0.1) is 12.0 Å². The number of hydrogen-bond acceptors (Lipinski definition) is 4. The first-order valence-corrected chi connectivity index (χ1v) is 9.36. The van der Waals surface area contributed by atoms with Crippen LogP contribution in [0.1, 0.15) is 0 Å². The second kappa shape index (κ2) is 6.71. The molecule has 3 nitrogen and oxygen atoms in total. The van der Waals surface area contributed by atoms with Crippen LogP contribution in [0.15, 0.2) is 58.3 Å². The average Bonchev–Trinajstić information content (AvgIpc) is 2.49. The van der Waals surface area contributed by atoms with Crippen LogP contribution in [0, 0.1) is 3.57 Å². The van der Waals surface area contributed by atoms with Crippen LogP contribution >= 0.6 is 34.4 Å². The number of thioether (sulfide) groups is 1. The number of sulfone groups is 1. The summed E-state index contributed by atoms with van der Waals surface area (Å²) >= 11 is 1.87. The van der Waals surface area contributed by atoms with Gasteiger partial charge < -0.3 is 4.74 Å². The van der Waals surface area contributed by atoms with Crippen LogP contribution in [0.2, 0.25) is 0 Å². The van der Waals surface area contributed by atoms with Crippen molar-refractivity contribution < 1.29 is 21.9 Å². The molecule has 0 aromatic heterocycles. The second-order valence-corrected chi connectivity index (χ2v) is 8.75. The average molecular weight is 456 g/mol. The number of ether oxygens (including phenoxy) is 1. The van der Waals surface area contributed by atoms with Gasteiger partial charge >= 0.3 is 4.59 Å². The highest BCUT2D eigenvalue weighted by molar-refractivity contribution is 14.1. The second-order valence-electron chi connectivity index (χ2n) is 4.18. The summed E-state index contributed by atoms with van der Waals surface area (Å²) in [5.74, 6) is 0.517. The van der Waals surface area contributed by atoms with Crippen LogP contribution in [0.4, 0.5) is 8.78 Å². The van der Waals surface area contributed by atoms with Crippen LogP contribution in [0.5, 0.6) is 5.75 Å². The van der Waals surface area contributed by atoms with Crippen molar-refractivity contribution >= 4 is 44.2 Å². The molecule has 22 heavy (non-hydrogen) atoms. The number of methoxy groups -OCH3 is 1. The minimum Gasteiger partial charge on any atom is -0.497 e. The van der Waals surface area contributed by atoms with Crippen molar-refractivity contribution in [2.75, 3.05) is 7.11 Å². The minimum absolute atomic E-state index is 0.00912. The van der Waals surface area contributed by atoms with Crippen molar-refractivity contribution in [2.24, 2.45) is 0 Å². The van der Waals surface area contributed by atoms with E-state index in [1.807, 2.05) is 22.6 Å². The third-order valence-electron chi connectivity index (χ3n) is 2.73. The van der Waals surface area contributed by atoms with Crippen molar-refractivity contribution in [2.45, 2.75) is 14.4 Å². The molecule has 0 amide bonds. The Morgan fingerprint density at radius 2 is 1.77 bits per heavy atom. The van der Waals surface area contributed by atoms with Gasteiger partial charge in [0.2, 0.25) is 0 Å². The van der Waals surface area contributed by atoms with Crippen molar-refractivity contribution in [3.05, 3.63) is 52.1 Å². The Bertz CT molecular complexity index is 765. The first-order valence-electron chi connectivity index (χ1n) is 5.98. The van der Waals surface area contributed by atoms with Gasteiger partial charge in [0.1, 0.15) is 5.75 Å². The first kappa shape index (κ1) is 17.5. The zero-order valence-corrected chi connectivity index (χ0v) is 15.1. The SMILES string of the molecule is COc1ccc(SC(F)(F)S(=O)(=O)c2ccccc2)c(I)c1. The van der Waals surface area contributed by atoms with E-state index in [1.54, 1.807) is 12.1 Å². The zero-order chi connectivity index (χ0) is 16.4. The van der Waals surface area contributed by atoms with E-state index in [1.165, 1.54) is 31.4 Å². The first-order chi connectivity index (χ1) is 10.3. The van der Waals surface area contributed by atoms with E-state index in [0.717, 1.165) is 12.1 Å². The molecular weight excluding hydrogens is 445 g/mol. The molecule has 2 rings (SSSR count). The van der Waals surface area contributed by atoms with Crippen LogP contribution in [0.3, 0.4) is 0 Å². The molecule has 0 heterocycles. The maximum atomic E-state index is 14.3. The van der Waals surface area contributed by atoms with Gasteiger partial charge in [0.15, 0.2) is 0 Å². The van der Waals surface area contributed by atoms with E-state index in [-0.39, 0.29) is 16.7 Å². The Morgan fingerprint density at radius 3 is 2.32 bits per heavy atom. The molecule has 2 aromatic rings. The summed E-state index contributed by atoms with van der Waals surface area (Å²) in [6, 6.07) is 11.2. The smallest absolute Gasteiger partial charge is 0.401 e. The minimum atomic E-state index is -4.77. The van der Waals surface area contributed by atoms with Crippen LogP contribution in [-0.2, 0) is 9.84 Å². The summed E-state index contributed by atoms with van der Waals surface area (Å²) in [6.45, 7) is 0. The standard InChI is InChI=1S/C14H11F2IO3S2/c1-20-10-7-8-13(12(17)9-10)21-14(15,16)22(18,19)11-5-3-2-4-6-11/h2-9H,1H3. The molecular formula is C14H11F2IO3S2. The van der Waals surface area contributed by atoms with Gasteiger partial charge in [0.25, 0.3) is 9.84 Å². The normalized spacial score (nSPS) is 12.2. The molecule has 0 radical (unpaired) electrons. The lowest BCUT2D eigenvalue weighted by Crippen LogP contribution is -2.25. The molecule has 0 N–H and O–H groups in total. The maximum absolute atomic E-state index is 14.3. The van der Waals surface area contributed by atoms with Gasteiger partial charge in [-0.1, -0.05) is 18.2 Å². The fourth-order valence-electron chi connectivity index (χ4n) is 1.61. The number of alkyl halides is 2. The predicted molar refractivity (Wildman–Crippen MR) is 90.1 cm³/mol. The van der Waals surface area contributed by atoms with E-state index < -0.39 is 19.3 Å². The Hall–Kier alpha value is -0.870. The number of halogens is 3. The Labute approximate surface area is 145 Å². The van der Waals surface area contributed by atoms with Gasteiger partial charge in [-0.3, -0.25) is 0 Å². The third kappa shape index (κ3) is 3.54. The fourth-order valence-corrected chi connectivity index (χ4v) is 4.76. The van der Waals surface area contributed by atoms with Gasteiger partial charge in [-0.25, -0.2) is 8.42 Å². The summed E-state index contributed by atoms with van der Waals surface area (Å²) < 4.78 is 54.3. The monoisotopic (exact) mass is 456 g/mol. The van der Waals surface area contributed by atoms with Gasteiger partial charge in [-0.15, -0.1) is 0 Å². The highest BCUT2D eigenvalue weighted by Gasteiger charge is 2.47. The fraction of sp³-hybridized carbons (Fsp3) is 0.143. The molecule has 118 valence electrons. The molecule has 0 unspecified atom stereocenters. The molecule has 0 aliphatic rings. The highest BCUT2D eigenvalue weighted by atomic mass is 127.